The van der Waals surface area contributed by atoms with Gasteiger partial charge in [-0.3, -0.25) is 0 Å². The van der Waals surface area contributed by atoms with E-state index in [1.165, 1.54) is 0 Å². The fourth-order valence-corrected chi connectivity index (χ4v) is 1.71. The summed E-state index contributed by atoms with van der Waals surface area (Å²) in [7, 11) is 0. The van der Waals surface area contributed by atoms with Crippen LogP contribution in [0.3, 0.4) is 0 Å². The van der Waals surface area contributed by atoms with Gasteiger partial charge in [0.15, 0.2) is 0 Å². The van der Waals surface area contributed by atoms with Crippen molar-refractivity contribution in [1.29, 1.82) is 0 Å². The van der Waals surface area contributed by atoms with E-state index in [1.54, 1.807) is 55.5 Å². The van der Waals surface area contributed by atoms with Crippen molar-refractivity contribution in [3.63, 3.8) is 0 Å². The van der Waals surface area contributed by atoms with E-state index in [0.717, 1.165) is 0 Å². The first-order valence-corrected chi connectivity index (χ1v) is 7.78. The fourth-order valence-electron chi connectivity index (χ4n) is 1.71. The van der Waals surface area contributed by atoms with Crippen molar-refractivity contribution >= 4 is 11.9 Å². The van der Waals surface area contributed by atoms with Crippen molar-refractivity contribution in [3.05, 3.63) is 71.8 Å². The third kappa shape index (κ3) is 8.10. The molecule has 0 saturated carbocycles. The van der Waals surface area contributed by atoms with Crippen LogP contribution in [-0.2, 0) is 9.47 Å². The summed E-state index contributed by atoms with van der Waals surface area (Å²) < 4.78 is 10.3. The minimum Gasteiger partial charge on any atom is -0.458 e. The van der Waals surface area contributed by atoms with E-state index in [-0.39, 0.29) is 19.8 Å². The number of carbonyl (C=O) groups excluding carboxylic acids is 2. The molecule has 0 aromatic heterocycles. The summed E-state index contributed by atoms with van der Waals surface area (Å²) in [5.41, 5.74) is 0.942. The van der Waals surface area contributed by atoms with Crippen LogP contribution in [-0.4, -0.2) is 48.1 Å². The summed E-state index contributed by atoms with van der Waals surface area (Å²) in [6.45, 7) is 1.45. The first kappa shape index (κ1) is 20.3. The molecule has 0 aliphatic heterocycles. The molecule has 2 aromatic carbocycles. The van der Waals surface area contributed by atoms with Crippen molar-refractivity contribution in [2.75, 3.05) is 19.8 Å². The molecule has 2 aromatic rings. The van der Waals surface area contributed by atoms with Gasteiger partial charge < -0.3 is 19.7 Å². The van der Waals surface area contributed by atoms with Crippen LogP contribution in [0.25, 0.3) is 0 Å². The summed E-state index contributed by atoms with van der Waals surface area (Å²) in [4.78, 5) is 23.5. The van der Waals surface area contributed by atoms with Crippen molar-refractivity contribution in [1.82, 2.24) is 0 Å². The van der Waals surface area contributed by atoms with E-state index < -0.39 is 18.0 Å². The highest BCUT2D eigenvalue weighted by atomic mass is 16.6. The van der Waals surface area contributed by atoms with Gasteiger partial charge in [-0.2, -0.15) is 0 Å². The first-order chi connectivity index (χ1) is 12.1. The van der Waals surface area contributed by atoms with Crippen LogP contribution in [0.4, 0.5) is 0 Å². The molecule has 134 valence electrons. The molecule has 1 atom stereocenters. The molecule has 0 fully saturated rings. The Kier molecular flexibility index (Phi) is 9.58. The molecule has 25 heavy (non-hydrogen) atoms. The lowest BCUT2D eigenvalue weighted by atomic mass is 10.2. The van der Waals surface area contributed by atoms with Crippen LogP contribution in [0.15, 0.2) is 60.7 Å². The van der Waals surface area contributed by atoms with Gasteiger partial charge in [0.2, 0.25) is 0 Å². The van der Waals surface area contributed by atoms with Gasteiger partial charge in [-0.05, 0) is 31.2 Å². The van der Waals surface area contributed by atoms with Gasteiger partial charge in [0.25, 0.3) is 0 Å². The summed E-state index contributed by atoms with van der Waals surface area (Å²) in [6, 6.07) is 17.4. The van der Waals surface area contributed by atoms with Crippen molar-refractivity contribution in [2.24, 2.45) is 0 Å². The molecule has 0 radical (unpaired) electrons. The summed E-state index contributed by atoms with van der Waals surface area (Å²) in [5.74, 6) is -0.864. The smallest absolute Gasteiger partial charge is 0.338 e. The number of carbonyl (C=O) groups is 2. The number of benzene rings is 2. The highest BCUT2D eigenvalue weighted by Crippen LogP contribution is 2.06. The van der Waals surface area contributed by atoms with Gasteiger partial charge in [0.1, 0.15) is 12.7 Å². The predicted octanol–water partition coefficient (Wildman–Crippen LogP) is 2.06. The molecule has 2 rings (SSSR count). The van der Waals surface area contributed by atoms with Crippen LogP contribution in [0.5, 0.6) is 0 Å². The van der Waals surface area contributed by atoms with Crippen LogP contribution < -0.4 is 0 Å². The first-order valence-electron chi connectivity index (χ1n) is 7.78. The molecule has 0 saturated heterocycles. The lowest BCUT2D eigenvalue weighted by Gasteiger charge is -2.13. The monoisotopic (exact) mass is 346 g/mol. The topological polar surface area (TPSA) is 93.1 Å². The van der Waals surface area contributed by atoms with E-state index in [1.807, 2.05) is 12.1 Å². The van der Waals surface area contributed by atoms with Crippen molar-refractivity contribution in [3.8, 4) is 0 Å². The fraction of sp³-hybridized carbons (Fsp3) is 0.263. The molecule has 2 N–H and O–H groups in total. The molecule has 0 aliphatic carbocycles. The SMILES string of the molecule is CC(COC(=O)c1ccccc1)OC(=O)c1ccccc1.OCCO. The number of rotatable bonds is 6. The van der Waals surface area contributed by atoms with Gasteiger partial charge in [0, 0.05) is 0 Å². The maximum absolute atomic E-state index is 11.8. The van der Waals surface area contributed by atoms with Gasteiger partial charge in [-0.15, -0.1) is 0 Å². The molecular formula is C19H22O6. The molecule has 0 spiro atoms. The predicted molar refractivity (Wildman–Crippen MR) is 92.2 cm³/mol. The lowest BCUT2D eigenvalue weighted by molar-refractivity contribution is 0.00448. The third-order valence-corrected chi connectivity index (χ3v) is 2.88. The number of aliphatic hydroxyl groups is 2. The van der Waals surface area contributed by atoms with Crippen LogP contribution in [0, 0.1) is 0 Å². The van der Waals surface area contributed by atoms with Gasteiger partial charge in [-0.1, -0.05) is 36.4 Å². The Morgan fingerprint density at radius 3 is 1.72 bits per heavy atom. The Labute approximate surface area is 146 Å². The number of hydrogen-bond acceptors (Lipinski definition) is 6. The molecule has 0 heterocycles. The zero-order valence-electron chi connectivity index (χ0n) is 14.0. The number of esters is 2. The summed E-state index contributed by atoms with van der Waals surface area (Å²) >= 11 is 0. The average molecular weight is 346 g/mol. The van der Waals surface area contributed by atoms with E-state index in [4.69, 9.17) is 19.7 Å². The minimum atomic E-state index is -0.509. The molecule has 6 heteroatoms. The van der Waals surface area contributed by atoms with Crippen molar-refractivity contribution < 1.29 is 29.3 Å². The summed E-state index contributed by atoms with van der Waals surface area (Å²) in [5, 5.41) is 15.2. The zero-order chi connectivity index (χ0) is 18.5. The Morgan fingerprint density at radius 1 is 0.840 bits per heavy atom. The van der Waals surface area contributed by atoms with Gasteiger partial charge in [-0.25, -0.2) is 9.59 Å². The molecular weight excluding hydrogens is 324 g/mol. The zero-order valence-corrected chi connectivity index (χ0v) is 14.0. The van der Waals surface area contributed by atoms with E-state index >= 15 is 0 Å². The van der Waals surface area contributed by atoms with E-state index in [2.05, 4.69) is 0 Å². The van der Waals surface area contributed by atoms with Crippen molar-refractivity contribution in [2.45, 2.75) is 13.0 Å². The molecule has 0 bridgehead atoms. The Hall–Kier alpha value is -2.70. The second-order valence-electron chi connectivity index (χ2n) is 4.99. The molecule has 0 aliphatic rings. The average Bonchev–Trinajstić information content (AvgIpc) is 2.67. The second kappa shape index (κ2) is 11.8. The highest BCUT2D eigenvalue weighted by Gasteiger charge is 2.14. The largest absolute Gasteiger partial charge is 0.458 e. The number of hydrogen-bond donors (Lipinski definition) is 2. The quantitative estimate of drug-likeness (QED) is 0.778. The second-order valence-corrected chi connectivity index (χ2v) is 4.99. The third-order valence-electron chi connectivity index (χ3n) is 2.88. The Balaban J connectivity index is 0.000000705. The molecule has 6 nitrogen and oxygen atoms in total. The van der Waals surface area contributed by atoms with Gasteiger partial charge >= 0.3 is 11.9 Å². The van der Waals surface area contributed by atoms with Crippen LogP contribution in [0.1, 0.15) is 27.6 Å². The Bertz CT molecular complexity index is 625. The molecule has 0 amide bonds. The maximum atomic E-state index is 11.8. The maximum Gasteiger partial charge on any atom is 0.338 e. The highest BCUT2D eigenvalue weighted by molar-refractivity contribution is 5.90. The van der Waals surface area contributed by atoms with Crippen LogP contribution >= 0.6 is 0 Å². The summed E-state index contributed by atoms with van der Waals surface area (Å²) in [6.07, 6.45) is -0.509. The number of aliphatic hydroxyl groups excluding tert-OH is 2. The van der Waals surface area contributed by atoms with Crippen LogP contribution in [0.2, 0.25) is 0 Å². The number of ether oxygens (including phenoxy) is 2. The lowest BCUT2D eigenvalue weighted by Crippen LogP contribution is -2.22. The standard InChI is InChI=1S/C17H16O4.C2H6O2/c1-13(21-17(19)15-10-6-3-7-11-15)12-20-16(18)14-8-4-2-5-9-14;3-1-2-4/h2-11,13H,12H2,1H3;3-4H,1-2H2. The van der Waals surface area contributed by atoms with E-state index in [9.17, 15) is 9.59 Å². The van der Waals surface area contributed by atoms with E-state index in [0.29, 0.717) is 11.1 Å². The van der Waals surface area contributed by atoms with Gasteiger partial charge in [0.05, 0.1) is 24.3 Å². The minimum absolute atomic E-state index is 0.0201. The molecule has 1 unspecified atom stereocenters. The normalized spacial score (nSPS) is 10.8. The Morgan fingerprint density at radius 2 is 1.28 bits per heavy atom.